The van der Waals surface area contributed by atoms with Crippen LogP contribution in [0.3, 0.4) is 0 Å². The van der Waals surface area contributed by atoms with Crippen LogP contribution in [-0.2, 0) is 6.54 Å². The van der Waals surface area contributed by atoms with Gasteiger partial charge in [-0.2, -0.15) is 5.10 Å². The summed E-state index contributed by atoms with van der Waals surface area (Å²) in [5, 5.41) is 7.65. The number of carbonyl (C=O) groups excluding carboxylic acids is 1. The molecule has 3 heterocycles. The van der Waals surface area contributed by atoms with Gasteiger partial charge >= 0.3 is 0 Å². The third-order valence-electron chi connectivity index (χ3n) is 6.59. The fourth-order valence-corrected chi connectivity index (χ4v) is 4.87. The van der Waals surface area contributed by atoms with Crippen LogP contribution < -0.4 is 15.0 Å². The summed E-state index contributed by atoms with van der Waals surface area (Å²) in [5.41, 5.74) is 1.22. The highest BCUT2D eigenvalue weighted by Gasteiger charge is 2.44. The van der Waals surface area contributed by atoms with Crippen LogP contribution >= 0.6 is 11.6 Å². The van der Waals surface area contributed by atoms with Gasteiger partial charge in [0, 0.05) is 25.4 Å². The van der Waals surface area contributed by atoms with Crippen molar-refractivity contribution >= 4 is 23.3 Å². The Hall–Kier alpha value is -2.42. The largest absolute Gasteiger partial charge is 0.496 e. The number of carbonyl (C=O) groups is 1. The van der Waals surface area contributed by atoms with Crippen LogP contribution in [0.15, 0.2) is 12.3 Å². The fraction of sp³-hybridized carbons (Fsp3) is 0.609. The number of hydrogen-bond acceptors (Lipinski definition) is 5. The molecule has 1 aliphatic carbocycles. The molecule has 2 aliphatic rings. The topological polar surface area (TPSA) is 72.3 Å². The first-order chi connectivity index (χ1) is 15.7. The third-order valence-corrected chi connectivity index (χ3v) is 6.95. The molecule has 1 saturated carbocycles. The van der Waals surface area contributed by atoms with Gasteiger partial charge in [0.15, 0.2) is 5.69 Å². The number of rotatable bonds is 7. The van der Waals surface area contributed by atoms with E-state index in [0.717, 1.165) is 18.8 Å². The number of nitrogens with one attached hydrogen (secondary N) is 1. The quantitative estimate of drug-likeness (QED) is 0.623. The zero-order valence-electron chi connectivity index (χ0n) is 19.2. The molecule has 0 aromatic carbocycles. The van der Waals surface area contributed by atoms with E-state index in [2.05, 4.69) is 22.3 Å². The van der Waals surface area contributed by atoms with Crippen molar-refractivity contribution < 1.29 is 18.3 Å². The second kappa shape index (κ2) is 9.44. The maximum atomic E-state index is 13.3. The summed E-state index contributed by atoms with van der Waals surface area (Å²) < 4.78 is 33.7. The van der Waals surface area contributed by atoms with Crippen LogP contribution in [0.2, 0.25) is 5.02 Å². The second-order valence-electron chi connectivity index (χ2n) is 9.12. The third kappa shape index (κ3) is 4.93. The van der Waals surface area contributed by atoms with Gasteiger partial charge in [-0.3, -0.25) is 9.48 Å². The summed E-state index contributed by atoms with van der Waals surface area (Å²) in [6.45, 7) is 4.50. The van der Waals surface area contributed by atoms with Crippen molar-refractivity contribution in [3.8, 4) is 17.0 Å². The van der Waals surface area contributed by atoms with Crippen LogP contribution in [0.1, 0.15) is 50.0 Å². The van der Waals surface area contributed by atoms with Crippen molar-refractivity contribution in [2.24, 2.45) is 11.8 Å². The molecule has 7 nitrogen and oxygen atoms in total. The number of amides is 1. The molecule has 1 saturated heterocycles. The van der Waals surface area contributed by atoms with E-state index >= 15 is 0 Å². The molecule has 0 unspecified atom stereocenters. The minimum absolute atomic E-state index is 0.159. The average molecular weight is 482 g/mol. The van der Waals surface area contributed by atoms with Gasteiger partial charge < -0.3 is 15.0 Å². The lowest BCUT2D eigenvalue weighted by molar-refractivity contribution is -0.0267. The summed E-state index contributed by atoms with van der Waals surface area (Å²) in [6, 6.07) is 1.61. The summed E-state index contributed by atoms with van der Waals surface area (Å²) in [5.74, 6) is -0.951. The van der Waals surface area contributed by atoms with Gasteiger partial charge in [-0.25, -0.2) is 13.8 Å². The molecule has 4 rings (SSSR count). The highest BCUT2D eigenvalue weighted by atomic mass is 35.5. The van der Waals surface area contributed by atoms with Gasteiger partial charge in [0.2, 0.25) is 0 Å². The Labute approximate surface area is 197 Å². The molecule has 2 aromatic rings. The number of nitrogens with zero attached hydrogens (tertiary/aromatic N) is 4. The molecule has 2 aromatic heterocycles. The predicted octanol–water partition coefficient (Wildman–Crippen LogP) is 4.64. The van der Waals surface area contributed by atoms with Crippen molar-refractivity contribution in [3.63, 3.8) is 0 Å². The van der Waals surface area contributed by atoms with Crippen molar-refractivity contribution in [1.29, 1.82) is 0 Å². The molecule has 0 spiro atoms. The molecule has 1 N–H and O–H groups in total. The van der Waals surface area contributed by atoms with Crippen molar-refractivity contribution in [2.75, 3.05) is 31.6 Å². The van der Waals surface area contributed by atoms with E-state index in [4.69, 9.17) is 16.3 Å². The minimum atomic E-state index is -2.70. The lowest BCUT2D eigenvalue weighted by Crippen LogP contribution is -2.56. The van der Waals surface area contributed by atoms with Gasteiger partial charge in [-0.15, -0.1) is 0 Å². The number of methoxy groups -OCH3 is 1. The maximum Gasteiger partial charge on any atom is 0.282 e. The van der Waals surface area contributed by atoms with Crippen molar-refractivity contribution in [2.45, 2.75) is 52.0 Å². The molecular weight excluding hydrogens is 452 g/mol. The Morgan fingerprint density at radius 1 is 1.30 bits per heavy atom. The predicted molar refractivity (Wildman–Crippen MR) is 123 cm³/mol. The van der Waals surface area contributed by atoms with Crippen molar-refractivity contribution in [1.82, 2.24) is 20.1 Å². The molecule has 2 fully saturated rings. The number of alkyl halides is 2. The zero-order chi connectivity index (χ0) is 23.8. The summed E-state index contributed by atoms with van der Waals surface area (Å²) in [4.78, 5) is 18.7. The van der Waals surface area contributed by atoms with Crippen LogP contribution in [0.25, 0.3) is 11.3 Å². The minimum Gasteiger partial charge on any atom is -0.496 e. The van der Waals surface area contributed by atoms with E-state index in [1.54, 1.807) is 10.7 Å². The average Bonchev–Trinajstić information content (AvgIpc) is 3.12. The van der Waals surface area contributed by atoms with Crippen LogP contribution in [0.4, 0.5) is 14.6 Å². The van der Waals surface area contributed by atoms with Gasteiger partial charge in [0.25, 0.3) is 11.8 Å². The van der Waals surface area contributed by atoms with E-state index in [-0.39, 0.29) is 29.7 Å². The second-order valence-corrected chi connectivity index (χ2v) is 9.50. The molecule has 180 valence electrons. The number of aryl methyl sites for hydroxylation is 1. The van der Waals surface area contributed by atoms with Crippen LogP contribution in [-0.4, -0.2) is 53.3 Å². The Bertz CT molecular complexity index is 1010. The molecule has 0 atom stereocenters. The first kappa shape index (κ1) is 23.7. The molecular formula is C23H30ClF2N5O2. The Kier molecular flexibility index (Phi) is 6.79. The lowest BCUT2D eigenvalue weighted by atomic mass is 9.83. The molecule has 10 heteroatoms. The number of ether oxygens (including phenoxy) is 1. The van der Waals surface area contributed by atoms with Crippen LogP contribution in [0, 0.1) is 11.8 Å². The van der Waals surface area contributed by atoms with E-state index in [9.17, 15) is 13.6 Å². The van der Waals surface area contributed by atoms with E-state index in [1.807, 2.05) is 6.92 Å². The number of hydrogen-bond donors (Lipinski definition) is 1. The lowest BCUT2D eigenvalue weighted by Gasteiger charge is -2.39. The number of anilines is 1. The number of halogens is 3. The summed E-state index contributed by atoms with van der Waals surface area (Å²) >= 11 is 6.65. The molecule has 0 radical (unpaired) electrons. The zero-order valence-corrected chi connectivity index (χ0v) is 20.0. The Balaban J connectivity index is 1.55. The Morgan fingerprint density at radius 3 is 2.61 bits per heavy atom. The van der Waals surface area contributed by atoms with Gasteiger partial charge in [-0.05, 0) is 31.6 Å². The first-order valence-corrected chi connectivity index (χ1v) is 11.8. The molecule has 1 amide bonds. The summed E-state index contributed by atoms with van der Waals surface area (Å²) in [6.07, 6.45) is 6.14. The number of aromatic nitrogens is 3. The van der Waals surface area contributed by atoms with E-state index in [1.165, 1.54) is 31.0 Å². The summed E-state index contributed by atoms with van der Waals surface area (Å²) in [7, 11) is 1.49. The number of pyridine rings is 1. The van der Waals surface area contributed by atoms with E-state index < -0.39 is 5.92 Å². The van der Waals surface area contributed by atoms with Gasteiger partial charge in [0.05, 0.1) is 36.5 Å². The fourth-order valence-electron chi connectivity index (χ4n) is 4.55. The Morgan fingerprint density at radius 2 is 2.00 bits per heavy atom. The maximum absolute atomic E-state index is 13.3. The SMILES string of the molecule is CCn1nc(C(=O)NCC2CCC(C)CC2)c(Cl)c1-c1cnc(N2CC(F)(F)C2)cc1OC. The van der Waals surface area contributed by atoms with Crippen LogP contribution in [0.5, 0.6) is 5.75 Å². The van der Waals surface area contributed by atoms with Crippen molar-refractivity contribution in [3.05, 3.63) is 23.0 Å². The van der Waals surface area contributed by atoms with E-state index in [0.29, 0.717) is 41.8 Å². The standard InChI is InChI=1S/C23H30ClF2N5O2/c1-4-31-21(16-11-27-18(9-17(16)33-3)30-12-23(25,26)13-30)19(24)20(29-31)22(32)28-10-15-7-5-14(2)6-8-15/h9,11,14-15H,4-8,10,12-13H2,1-3H3,(H,28,32). The monoisotopic (exact) mass is 481 g/mol. The molecule has 0 bridgehead atoms. The smallest absolute Gasteiger partial charge is 0.282 e. The highest BCUT2D eigenvalue weighted by molar-refractivity contribution is 6.36. The molecule has 1 aliphatic heterocycles. The van der Waals surface area contributed by atoms with Gasteiger partial charge in [-0.1, -0.05) is 31.4 Å². The normalized spacial score (nSPS) is 22.1. The molecule has 33 heavy (non-hydrogen) atoms. The highest BCUT2D eigenvalue weighted by Crippen LogP contribution is 2.39. The van der Waals surface area contributed by atoms with Gasteiger partial charge in [0.1, 0.15) is 11.6 Å². The first-order valence-electron chi connectivity index (χ1n) is 11.4.